The van der Waals surface area contributed by atoms with Gasteiger partial charge in [0.25, 0.3) is 5.91 Å². The lowest BCUT2D eigenvalue weighted by atomic mass is 10.1. The van der Waals surface area contributed by atoms with Crippen molar-refractivity contribution in [3.8, 4) is 17.0 Å². The van der Waals surface area contributed by atoms with E-state index >= 15 is 0 Å². The molecule has 1 aromatic carbocycles. The Balaban J connectivity index is 1.82. The molecule has 1 amide bonds. The normalized spacial score (nSPS) is 10.7. The molecule has 0 aliphatic rings. The first kappa shape index (κ1) is 17.6. The zero-order valence-corrected chi connectivity index (χ0v) is 15.7. The van der Waals surface area contributed by atoms with Gasteiger partial charge in [-0.15, -0.1) is 22.7 Å². The molecule has 0 atom stereocenters. The van der Waals surface area contributed by atoms with E-state index in [1.165, 1.54) is 46.8 Å². The van der Waals surface area contributed by atoms with Gasteiger partial charge in [-0.3, -0.25) is 10.1 Å². The lowest BCUT2D eigenvalue weighted by molar-refractivity contribution is 0.103. The van der Waals surface area contributed by atoms with Crippen molar-refractivity contribution in [1.82, 2.24) is 4.98 Å². The maximum Gasteiger partial charge on any atom is 0.267 e. The van der Waals surface area contributed by atoms with E-state index in [0.717, 1.165) is 12.0 Å². The van der Waals surface area contributed by atoms with Crippen molar-refractivity contribution in [2.24, 2.45) is 0 Å². The van der Waals surface area contributed by atoms with Crippen LogP contribution in [0, 0.1) is 12.7 Å². The van der Waals surface area contributed by atoms with Crippen molar-refractivity contribution in [3.05, 3.63) is 50.8 Å². The van der Waals surface area contributed by atoms with Gasteiger partial charge < -0.3 is 4.74 Å². The lowest BCUT2D eigenvalue weighted by Gasteiger charge is -2.05. The summed E-state index contributed by atoms with van der Waals surface area (Å²) in [7, 11) is 1.52. The van der Waals surface area contributed by atoms with Crippen LogP contribution in [0.5, 0.6) is 5.75 Å². The van der Waals surface area contributed by atoms with Crippen molar-refractivity contribution in [1.29, 1.82) is 0 Å². The highest BCUT2D eigenvalue weighted by molar-refractivity contribution is 7.15. The topological polar surface area (TPSA) is 51.2 Å². The molecule has 130 valence electrons. The molecule has 2 heterocycles. The summed E-state index contributed by atoms with van der Waals surface area (Å²) < 4.78 is 18.8. The van der Waals surface area contributed by atoms with Gasteiger partial charge in [0, 0.05) is 15.8 Å². The number of hydrogen-bond donors (Lipinski definition) is 1. The number of ether oxygens (including phenoxy) is 1. The zero-order chi connectivity index (χ0) is 18.0. The first-order valence-corrected chi connectivity index (χ1v) is 9.41. The summed E-state index contributed by atoms with van der Waals surface area (Å²) in [5, 5.41) is 5.05. The number of benzene rings is 1. The van der Waals surface area contributed by atoms with Gasteiger partial charge in [0.1, 0.15) is 11.6 Å². The number of rotatable bonds is 5. The van der Waals surface area contributed by atoms with Crippen molar-refractivity contribution in [2.75, 3.05) is 12.4 Å². The minimum atomic E-state index is -0.365. The number of thiazole rings is 1. The number of amides is 1. The minimum absolute atomic E-state index is 0.181. The summed E-state index contributed by atoms with van der Waals surface area (Å²) in [6.45, 7) is 4.07. The Bertz CT molecular complexity index is 918. The predicted molar refractivity (Wildman–Crippen MR) is 100 cm³/mol. The molecule has 25 heavy (non-hydrogen) atoms. The maximum absolute atomic E-state index is 13.5. The Hall–Kier alpha value is -2.25. The number of carbonyl (C=O) groups excluding carboxylic acids is 1. The molecule has 0 unspecified atom stereocenters. The van der Waals surface area contributed by atoms with Crippen LogP contribution in [-0.4, -0.2) is 18.0 Å². The van der Waals surface area contributed by atoms with E-state index in [-0.39, 0.29) is 11.7 Å². The fourth-order valence-electron chi connectivity index (χ4n) is 2.48. The van der Waals surface area contributed by atoms with Crippen molar-refractivity contribution in [2.45, 2.75) is 20.3 Å². The van der Waals surface area contributed by atoms with Gasteiger partial charge in [-0.2, -0.15) is 0 Å². The van der Waals surface area contributed by atoms with Crippen LogP contribution in [0.3, 0.4) is 0 Å². The average molecular weight is 376 g/mol. The van der Waals surface area contributed by atoms with Gasteiger partial charge in [0.2, 0.25) is 0 Å². The first-order valence-electron chi connectivity index (χ1n) is 7.72. The third kappa shape index (κ3) is 3.72. The summed E-state index contributed by atoms with van der Waals surface area (Å²) in [5.41, 5.74) is 2.25. The summed E-state index contributed by atoms with van der Waals surface area (Å²) in [6.07, 6.45) is 0.907. The van der Waals surface area contributed by atoms with Crippen LogP contribution in [0.1, 0.15) is 27.0 Å². The van der Waals surface area contributed by atoms with E-state index < -0.39 is 0 Å². The van der Waals surface area contributed by atoms with Crippen LogP contribution in [0.2, 0.25) is 0 Å². The highest BCUT2D eigenvalue weighted by atomic mass is 32.1. The standard InChI is InChI=1S/C18H17FN2O2S2/c1-4-15-10(2)7-16(25-15)17(22)21-18-20-13(9-24-18)12-8-11(19)5-6-14(12)23-3/h5-9H,4H2,1-3H3,(H,20,21,22). The van der Waals surface area contributed by atoms with Gasteiger partial charge in [-0.1, -0.05) is 6.92 Å². The second-order valence-electron chi connectivity index (χ2n) is 5.41. The van der Waals surface area contributed by atoms with Gasteiger partial charge in [0.05, 0.1) is 17.7 Å². The van der Waals surface area contributed by atoms with E-state index in [1.807, 2.05) is 13.0 Å². The molecular formula is C18H17FN2O2S2. The van der Waals surface area contributed by atoms with Crippen molar-refractivity contribution in [3.63, 3.8) is 0 Å². The molecule has 7 heteroatoms. The van der Waals surface area contributed by atoms with Crippen LogP contribution >= 0.6 is 22.7 Å². The third-order valence-electron chi connectivity index (χ3n) is 3.73. The van der Waals surface area contributed by atoms with Gasteiger partial charge >= 0.3 is 0 Å². The fraction of sp³-hybridized carbons (Fsp3) is 0.222. The van der Waals surface area contributed by atoms with Crippen LogP contribution in [0.15, 0.2) is 29.6 Å². The van der Waals surface area contributed by atoms with Crippen molar-refractivity contribution < 1.29 is 13.9 Å². The first-order chi connectivity index (χ1) is 12.0. The maximum atomic E-state index is 13.5. The second kappa shape index (κ2) is 7.33. The number of nitrogens with one attached hydrogen (secondary N) is 1. The number of carbonyl (C=O) groups is 1. The molecule has 4 nitrogen and oxygen atoms in total. The summed E-state index contributed by atoms with van der Waals surface area (Å²) in [4.78, 5) is 18.7. The summed E-state index contributed by atoms with van der Waals surface area (Å²) in [5.74, 6) is -0.0125. The molecule has 0 aliphatic carbocycles. The molecule has 0 aliphatic heterocycles. The van der Waals surface area contributed by atoms with E-state index in [4.69, 9.17) is 4.74 Å². The van der Waals surface area contributed by atoms with Crippen molar-refractivity contribution >= 4 is 33.7 Å². The number of aromatic nitrogens is 1. The Morgan fingerprint density at radius 3 is 2.84 bits per heavy atom. The predicted octanol–water partition coefficient (Wildman–Crippen LogP) is 5.14. The molecule has 0 saturated heterocycles. The number of nitrogens with zero attached hydrogens (tertiary/aromatic N) is 1. The Morgan fingerprint density at radius 2 is 2.16 bits per heavy atom. The molecule has 0 radical (unpaired) electrons. The highest BCUT2D eigenvalue weighted by Gasteiger charge is 2.15. The number of methoxy groups -OCH3 is 1. The van der Waals surface area contributed by atoms with Gasteiger partial charge in [-0.05, 0) is 43.2 Å². The molecule has 3 aromatic rings. The number of aryl methyl sites for hydroxylation is 2. The minimum Gasteiger partial charge on any atom is -0.496 e. The number of halogens is 1. The summed E-state index contributed by atoms with van der Waals surface area (Å²) in [6, 6.07) is 6.16. The molecule has 3 rings (SSSR count). The summed E-state index contributed by atoms with van der Waals surface area (Å²) >= 11 is 2.79. The number of anilines is 1. The van der Waals surface area contributed by atoms with Crippen LogP contribution in [-0.2, 0) is 6.42 Å². The lowest BCUT2D eigenvalue weighted by Crippen LogP contribution is -2.09. The van der Waals surface area contributed by atoms with E-state index in [1.54, 1.807) is 11.4 Å². The molecule has 2 aromatic heterocycles. The Kier molecular flexibility index (Phi) is 5.15. The zero-order valence-electron chi connectivity index (χ0n) is 14.1. The van der Waals surface area contributed by atoms with E-state index in [9.17, 15) is 9.18 Å². The van der Waals surface area contributed by atoms with Gasteiger partial charge in [-0.25, -0.2) is 9.37 Å². The van der Waals surface area contributed by atoms with Gasteiger partial charge in [0.15, 0.2) is 5.13 Å². The third-order valence-corrected chi connectivity index (χ3v) is 5.87. The SMILES string of the molecule is CCc1sc(C(=O)Nc2nc(-c3cc(F)ccc3OC)cs2)cc1C. The van der Waals surface area contributed by atoms with Crippen LogP contribution in [0.4, 0.5) is 9.52 Å². The van der Waals surface area contributed by atoms with Crippen LogP contribution < -0.4 is 10.1 Å². The van der Waals surface area contributed by atoms with E-state index in [2.05, 4.69) is 17.2 Å². The smallest absolute Gasteiger partial charge is 0.267 e. The molecule has 0 fully saturated rings. The number of thiophene rings is 1. The average Bonchev–Trinajstić information content (AvgIpc) is 3.21. The molecule has 0 saturated carbocycles. The Labute approximate surface area is 153 Å². The molecule has 0 spiro atoms. The van der Waals surface area contributed by atoms with E-state index in [0.29, 0.717) is 27.0 Å². The molecule has 0 bridgehead atoms. The van der Waals surface area contributed by atoms with Crippen LogP contribution in [0.25, 0.3) is 11.3 Å². The monoisotopic (exact) mass is 376 g/mol. The number of hydrogen-bond acceptors (Lipinski definition) is 5. The molecular weight excluding hydrogens is 359 g/mol. The highest BCUT2D eigenvalue weighted by Crippen LogP contribution is 2.33. The molecule has 1 N–H and O–H groups in total. The fourth-order valence-corrected chi connectivity index (χ4v) is 4.19. The Morgan fingerprint density at radius 1 is 1.36 bits per heavy atom. The quantitative estimate of drug-likeness (QED) is 0.670. The largest absolute Gasteiger partial charge is 0.496 e. The second-order valence-corrected chi connectivity index (χ2v) is 7.40.